The van der Waals surface area contributed by atoms with Gasteiger partial charge in [-0.25, -0.2) is 0 Å². The zero-order chi connectivity index (χ0) is 19.8. The molecule has 1 atom stereocenters. The van der Waals surface area contributed by atoms with Crippen LogP contribution in [-0.4, -0.2) is 25.7 Å². The summed E-state index contributed by atoms with van der Waals surface area (Å²) in [6.45, 7) is 10.9. The number of hydrogen-bond acceptors (Lipinski definition) is 4. The summed E-state index contributed by atoms with van der Waals surface area (Å²) in [4.78, 5) is 12.3. The fraction of sp³-hybridized carbons (Fsp3) is 0.409. The minimum Gasteiger partial charge on any atom is -0.490 e. The number of rotatable bonds is 9. The van der Waals surface area contributed by atoms with Crippen LogP contribution in [0.4, 0.5) is 0 Å². The van der Waals surface area contributed by atoms with Gasteiger partial charge in [0.1, 0.15) is 5.75 Å². The molecule has 0 fully saturated rings. The van der Waals surface area contributed by atoms with Gasteiger partial charge in [0.15, 0.2) is 18.1 Å². The van der Waals surface area contributed by atoms with Crippen LogP contribution in [0.1, 0.15) is 43.5 Å². The Kier molecular flexibility index (Phi) is 7.53. The molecule has 1 amide bonds. The largest absolute Gasteiger partial charge is 0.490 e. The van der Waals surface area contributed by atoms with Gasteiger partial charge in [-0.3, -0.25) is 4.79 Å². The van der Waals surface area contributed by atoms with E-state index in [1.807, 2.05) is 65.0 Å². The lowest BCUT2D eigenvalue weighted by molar-refractivity contribution is -0.123. The topological polar surface area (TPSA) is 56.8 Å². The molecule has 1 N–H and O–H groups in total. The lowest BCUT2D eigenvalue weighted by atomic mass is 10.1. The number of ether oxygens (including phenoxy) is 3. The van der Waals surface area contributed by atoms with Gasteiger partial charge in [-0.2, -0.15) is 0 Å². The van der Waals surface area contributed by atoms with Crippen molar-refractivity contribution in [2.45, 2.75) is 40.7 Å². The summed E-state index contributed by atoms with van der Waals surface area (Å²) >= 11 is 0. The summed E-state index contributed by atoms with van der Waals surface area (Å²) in [5.74, 6) is 1.92. The Morgan fingerprint density at radius 3 is 2.19 bits per heavy atom. The molecule has 0 spiro atoms. The minimum atomic E-state index is -0.173. The van der Waals surface area contributed by atoms with Crippen LogP contribution in [0.3, 0.4) is 0 Å². The van der Waals surface area contributed by atoms with Gasteiger partial charge in [0.05, 0.1) is 19.3 Å². The molecule has 0 aliphatic heterocycles. The molecule has 0 heterocycles. The van der Waals surface area contributed by atoms with Crippen LogP contribution in [0.25, 0.3) is 0 Å². The molecule has 0 aromatic heterocycles. The molecule has 0 saturated heterocycles. The summed E-state index contributed by atoms with van der Waals surface area (Å²) in [5, 5.41) is 2.96. The van der Waals surface area contributed by atoms with Gasteiger partial charge < -0.3 is 19.5 Å². The van der Waals surface area contributed by atoms with Crippen molar-refractivity contribution in [2.75, 3.05) is 19.8 Å². The first kappa shape index (κ1) is 20.6. The Balaban J connectivity index is 1.97. The highest BCUT2D eigenvalue weighted by atomic mass is 16.5. The van der Waals surface area contributed by atoms with Gasteiger partial charge in [0.2, 0.25) is 0 Å². The molecule has 0 radical (unpaired) electrons. The average Bonchev–Trinajstić information content (AvgIpc) is 2.61. The van der Waals surface area contributed by atoms with E-state index in [0.29, 0.717) is 30.5 Å². The van der Waals surface area contributed by atoms with E-state index in [1.54, 1.807) is 0 Å². The second kappa shape index (κ2) is 9.86. The van der Waals surface area contributed by atoms with Crippen molar-refractivity contribution in [1.29, 1.82) is 0 Å². The smallest absolute Gasteiger partial charge is 0.258 e. The predicted octanol–water partition coefficient (Wildman–Crippen LogP) is 4.36. The van der Waals surface area contributed by atoms with Crippen LogP contribution >= 0.6 is 0 Å². The van der Waals surface area contributed by atoms with Crippen LogP contribution in [-0.2, 0) is 4.79 Å². The number of carbonyl (C=O) groups excluding carboxylic acids is 1. The summed E-state index contributed by atoms with van der Waals surface area (Å²) in [6.07, 6.45) is 0. The van der Waals surface area contributed by atoms with E-state index in [9.17, 15) is 4.79 Å². The van der Waals surface area contributed by atoms with Crippen LogP contribution < -0.4 is 19.5 Å². The van der Waals surface area contributed by atoms with E-state index in [2.05, 4.69) is 11.4 Å². The SMILES string of the molecule is CCOc1ccc(C(C)NC(=O)COc2cc(C)cc(C)c2)cc1OCC. The number of amides is 1. The first-order chi connectivity index (χ1) is 12.9. The Hall–Kier alpha value is -2.69. The molecule has 2 aromatic rings. The molecular weight excluding hydrogens is 342 g/mol. The van der Waals surface area contributed by atoms with Gasteiger partial charge >= 0.3 is 0 Å². The normalized spacial score (nSPS) is 11.6. The molecule has 0 bridgehead atoms. The first-order valence-corrected chi connectivity index (χ1v) is 9.33. The summed E-state index contributed by atoms with van der Waals surface area (Å²) in [7, 11) is 0. The molecule has 0 aliphatic rings. The Morgan fingerprint density at radius 1 is 0.926 bits per heavy atom. The summed E-state index contributed by atoms with van der Waals surface area (Å²) in [6, 6.07) is 11.5. The molecule has 0 aliphatic carbocycles. The quantitative estimate of drug-likeness (QED) is 0.712. The monoisotopic (exact) mass is 371 g/mol. The van der Waals surface area contributed by atoms with Gasteiger partial charge in [0, 0.05) is 0 Å². The van der Waals surface area contributed by atoms with Crippen molar-refractivity contribution in [1.82, 2.24) is 5.32 Å². The van der Waals surface area contributed by atoms with E-state index in [-0.39, 0.29) is 18.6 Å². The van der Waals surface area contributed by atoms with Gasteiger partial charge in [0.25, 0.3) is 5.91 Å². The van der Waals surface area contributed by atoms with E-state index in [0.717, 1.165) is 16.7 Å². The maximum absolute atomic E-state index is 12.3. The lowest BCUT2D eigenvalue weighted by Crippen LogP contribution is -2.31. The predicted molar refractivity (Wildman–Crippen MR) is 107 cm³/mol. The van der Waals surface area contributed by atoms with Gasteiger partial charge in [-0.05, 0) is 75.6 Å². The lowest BCUT2D eigenvalue weighted by Gasteiger charge is -2.18. The van der Waals surface area contributed by atoms with Gasteiger partial charge in [-0.1, -0.05) is 12.1 Å². The minimum absolute atomic E-state index is 0.0252. The zero-order valence-electron chi connectivity index (χ0n) is 16.8. The van der Waals surface area contributed by atoms with E-state index in [4.69, 9.17) is 14.2 Å². The Labute approximate surface area is 161 Å². The molecule has 1 unspecified atom stereocenters. The maximum Gasteiger partial charge on any atom is 0.258 e. The van der Waals surface area contributed by atoms with Crippen molar-refractivity contribution in [3.63, 3.8) is 0 Å². The van der Waals surface area contributed by atoms with Crippen LogP contribution in [0.2, 0.25) is 0 Å². The van der Waals surface area contributed by atoms with Gasteiger partial charge in [-0.15, -0.1) is 0 Å². The fourth-order valence-corrected chi connectivity index (χ4v) is 2.87. The number of nitrogens with one attached hydrogen (secondary N) is 1. The van der Waals surface area contributed by atoms with Crippen molar-refractivity contribution in [2.24, 2.45) is 0 Å². The standard InChI is InChI=1S/C22H29NO4/c1-6-25-20-9-8-18(13-21(20)26-7-2)17(5)23-22(24)14-27-19-11-15(3)10-16(4)12-19/h8-13,17H,6-7,14H2,1-5H3,(H,23,24). The number of aryl methyl sites for hydroxylation is 2. The second-order valence-electron chi connectivity index (χ2n) is 6.47. The second-order valence-corrected chi connectivity index (χ2v) is 6.47. The molecule has 146 valence electrons. The van der Waals surface area contributed by atoms with E-state index >= 15 is 0 Å². The maximum atomic E-state index is 12.3. The van der Waals surface area contributed by atoms with Crippen LogP contribution in [0.15, 0.2) is 36.4 Å². The summed E-state index contributed by atoms with van der Waals surface area (Å²) < 4.78 is 16.9. The number of benzene rings is 2. The van der Waals surface area contributed by atoms with Crippen LogP contribution in [0, 0.1) is 13.8 Å². The molecule has 2 aromatic carbocycles. The van der Waals surface area contributed by atoms with Crippen molar-refractivity contribution in [3.8, 4) is 17.2 Å². The number of hydrogen-bond donors (Lipinski definition) is 1. The molecular formula is C22H29NO4. The Morgan fingerprint density at radius 2 is 1.56 bits per heavy atom. The third-order valence-corrected chi connectivity index (χ3v) is 4.01. The first-order valence-electron chi connectivity index (χ1n) is 9.33. The third kappa shape index (κ3) is 6.20. The summed E-state index contributed by atoms with van der Waals surface area (Å²) in [5.41, 5.74) is 3.16. The molecule has 0 saturated carbocycles. The number of carbonyl (C=O) groups is 1. The Bertz CT molecular complexity index is 753. The fourth-order valence-electron chi connectivity index (χ4n) is 2.87. The zero-order valence-corrected chi connectivity index (χ0v) is 16.8. The van der Waals surface area contributed by atoms with Crippen molar-refractivity contribution < 1.29 is 19.0 Å². The van der Waals surface area contributed by atoms with E-state index < -0.39 is 0 Å². The molecule has 5 nitrogen and oxygen atoms in total. The molecule has 5 heteroatoms. The third-order valence-electron chi connectivity index (χ3n) is 4.01. The highest BCUT2D eigenvalue weighted by Crippen LogP contribution is 2.30. The highest BCUT2D eigenvalue weighted by molar-refractivity contribution is 5.78. The van der Waals surface area contributed by atoms with E-state index in [1.165, 1.54) is 0 Å². The van der Waals surface area contributed by atoms with Crippen molar-refractivity contribution >= 4 is 5.91 Å². The average molecular weight is 371 g/mol. The molecule has 2 rings (SSSR count). The highest BCUT2D eigenvalue weighted by Gasteiger charge is 2.14. The molecule has 27 heavy (non-hydrogen) atoms. The van der Waals surface area contributed by atoms with Crippen LogP contribution in [0.5, 0.6) is 17.2 Å². The van der Waals surface area contributed by atoms with Crippen molar-refractivity contribution in [3.05, 3.63) is 53.1 Å².